The van der Waals surface area contributed by atoms with Crippen LogP contribution in [-0.2, 0) is 0 Å². The van der Waals surface area contributed by atoms with Crippen molar-refractivity contribution < 1.29 is 14.3 Å². The minimum atomic E-state index is -0.180. The number of nitrogens with one attached hydrogen (secondary N) is 1. The first-order chi connectivity index (χ1) is 16.5. The molecule has 3 aromatic rings. The van der Waals surface area contributed by atoms with Gasteiger partial charge < -0.3 is 19.9 Å². The minimum absolute atomic E-state index is 0.0569. The molecule has 1 saturated heterocycles. The van der Waals surface area contributed by atoms with E-state index in [1.807, 2.05) is 71.6 Å². The molecule has 6 heteroatoms. The molecule has 4 rings (SSSR count). The molecule has 0 bridgehead atoms. The van der Waals surface area contributed by atoms with Gasteiger partial charge in [0.1, 0.15) is 5.75 Å². The highest BCUT2D eigenvalue weighted by Crippen LogP contribution is 2.28. The highest BCUT2D eigenvalue weighted by Gasteiger charge is 2.23. The van der Waals surface area contributed by atoms with Crippen LogP contribution in [0.25, 0.3) is 0 Å². The van der Waals surface area contributed by atoms with Gasteiger partial charge in [0, 0.05) is 37.3 Å². The third-order valence-corrected chi connectivity index (χ3v) is 5.76. The van der Waals surface area contributed by atoms with Gasteiger partial charge in [-0.15, -0.1) is 0 Å². The number of ether oxygens (including phenoxy) is 1. The summed E-state index contributed by atoms with van der Waals surface area (Å²) in [5, 5.41) is 3.06. The Labute approximate surface area is 201 Å². The van der Waals surface area contributed by atoms with E-state index >= 15 is 0 Å². The first-order valence-corrected chi connectivity index (χ1v) is 11.7. The molecule has 0 saturated carbocycles. The summed E-state index contributed by atoms with van der Waals surface area (Å²) < 4.78 is 5.77. The third-order valence-electron chi connectivity index (χ3n) is 5.76. The molecular weight excluding hydrogens is 426 g/mol. The predicted octanol–water partition coefficient (Wildman–Crippen LogP) is 4.94. The summed E-state index contributed by atoms with van der Waals surface area (Å²) in [6.45, 7) is 7.44. The fraction of sp³-hybridized carbons (Fsp3) is 0.286. The fourth-order valence-corrected chi connectivity index (χ4v) is 3.95. The number of benzene rings is 3. The lowest BCUT2D eigenvalue weighted by Crippen LogP contribution is -2.49. The van der Waals surface area contributed by atoms with Crippen molar-refractivity contribution in [2.75, 3.05) is 43.0 Å². The van der Waals surface area contributed by atoms with E-state index in [-0.39, 0.29) is 11.8 Å². The lowest BCUT2D eigenvalue weighted by Gasteiger charge is -2.37. The zero-order valence-corrected chi connectivity index (χ0v) is 19.7. The zero-order chi connectivity index (χ0) is 23.9. The topological polar surface area (TPSA) is 61.9 Å². The Hall–Kier alpha value is -3.80. The van der Waals surface area contributed by atoms with Crippen molar-refractivity contribution in [1.29, 1.82) is 0 Å². The van der Waals surface area contributed by atoms with Crippen LogP contribution in [0.1, 0.15) is 34.6 Å². The number of hydrogen-bond acceptors (Lipinski definition) is 4. The van der Waals surface area contributed by atoms with E-state index in [4.69, 9.17) is 4.74 Å². The van der Waals surface area contributed by atoms with Gasteiger partial charge in [0.2, 0.25) is 0 Å². The average molecular weight is 458 g/mol. The smallest absolute Gasteiger partial charge is 0.255 e. The van der Waals surface area contributed by atoms with E-state index < -0.39 is 0 Å². The number of piperazine rings is 1. The number of carbonyl (C=O) groups is 2. The second kappa shape index (κ2) is 10.9. The van der Waals surface area contributed by atoms with Gasteiger partial charge in [-0.2, -0.15) is 0 Å². The molecule has 1 N–H and O–H groups in total. The van der Waals surface area contributed by atoms with Crippen molar-refractivity contribution in [3.05, 3.63) is 90.0 Å². The molecule has 34 heavy (non-hydrogen) atoms. The minimum Gasteiger partial charge on any atom is -0.493 e. The van der Waals surface area contributed by atoms with Gasteiger partial charge in [0.05, 0.1) is 18.0 Å². The summed E-state index contributed by atoms with van der Waals surface area (Å²) in [7, 11) is 0. The Morgan fingerprint density at radius 2 is 1.53 bits per heavy atom. The Morgan fingerprint density at radius 3 is 2.26 bits per heavy atom. The van der Waals surface area contributed by atoms with Crippen LogP contribution >= 0.6 is 0 Å². The molecular formula is C28H31N3O3. The molecule has 3 aromatic carbocycles. The molecule has 1 fully saturated rings. The van der Waals surface area contributed by atoms with Crippen LogP contribution in [0.5, 0.6) is 5.75 Å². The number of para-hydroxylation sites is 2. The van der Waals surface area contributed by atoms with Gasteiger partial charge in [-0.3, -0.25) is 9.59 Å². The molecule has 1 aliphatic heterocycles. The molecule has 0 unspecified atom stereocenters. The molecule has 0 radical (unpaired) electrons. The quantitative estimate of drug-likeness (QED) is 0.546. The SMILES string of the molecule is CC(C)COc1cccc(C(=O)Nc2ccccc2N2CCN(C(=O)c3ccccc3)CC2)c1. The Balaban J connectivity index is 1.41. The molecule has 0 spiro atoms. The third kappa shape index (κ3) is 5.76. The number of anilines is 2. The average Bonchev–Trinajstić information content (AvgIpc) is 2.88. The number of amides is 2. The van der Waals surface area contributed by atoms with Crippen LogP contribution in [0.4, 0.5) is 11.4 Å². The summed E-state index contributed by atoms with van der Waals surface area (Å²) in [5.41, 5.74) is 2.97. The second-order valence-corrected chi connectivity index (χ2v) is 8.85. The number of rotatable bonds is 7. The Kier molecular flexibility index (Phi) is 7.48. The van der Waals surface area contributed by atoms with Gasteiger partial charge >= 0.3 is 0 Å². The van der Waals surface area contributed by atoms with Crippen molar-refractivity contribution in [1.82, 2.24) is 4.90 Å². The maximum absolute atomic E-state index is 13.0. The van der Waals surface area contributed by atoms with Crippen molar-refractivity contribution in [3.8, 4) is 5.75 Å². The van der Waals surface area contributed by atoms with E-state index in [0.717, 1.165) is 11.4 Å². The van der Waals surface area contributed by atoms with E-state index in [0.29, 0.717) is 55.6 Å². The summed E-state index contributed by atoms with van der Waals surface area (Å²) in [4.78, 5) is 29.9. The summed E-state index contributed by atoms with van der Waals surface area (Å²) in [6, 6.07) is 24.4. The molecule has 2 amide bonds. The van der Waals surface area contributed by atoms with Gasteiger partial charge in [-0.1, -0.05) is 50.2 Å². The van der Waals surface area contributed by atoms with Gasteiger partial charge in [0.25, 0.3) is 11.8 Å². The standard InChI is InChI=1S/C28H31N3O3/c1-21(2)20-34-24-12-8-11-23(19-24)27(32)29-25-13-6-7-14-26(25)30-15-17-31(18-16-30)28(33)22-9-4-3-5-10-22/h3-14,19,21H,15-18,20H2,1-2H3,(H,29,32). The monoisotopic (exact) mass is 457 g/mol. The largest absolute Gasteiger partial charge is 0.493 e. The molecule has 0 aromatic heterocycles. The Bertz CT molecular complexity index is 1120. The van der Waals surface area contributed by atoms with E-state index in [2.05, 4.69) is 24.1 Å². The first kappa shape index (κ1) is 23.4. The van der Waals surface area contributed by atoms with Crippen molar-refractivity contribution >= 4 is 23.2 Å². The highest BCUT2D eigenvalue weighted by molar-refractivity contribution is 6.06. The summed E-state index contributed by atoms with van der Waals surface area (Å²) >= 11 is 0. The fourth-order valence-electron chi connectivity index (χ4n) is 3.95. The number of hydrogen-bond donors (Lipinski definition) is 1. The number of nitrogens with zero attached hydrogens (tertiary/aromatic N) is 2. The van der Waals surface area contributed by atoms with Crippen molar-refractivity contribution in [2.24, 2.45) is 5.92 Å². The molecule has 0 atom stereocenters. The van der Waals surface area contributed by atoms with E-state index in [1.54, 1.807) is 12.1 Å². The zero-order valence-electron chi connectivity index (χ0n) is 19.7. The van der Waals surface area contributed by atoms with Gasteiger partial charge in [-0.25, -0.2) is 0 Å². The van der Waals surface area contributed by atoms with E-state index in [9.17, 15) is 9.59 Å². The lowest BCUT2D eigenvalue weighted by atomic mass is 10.1. The molecule has 1 heterocycles. The highest BCUT2D eigenvalue weighted by atomic mass is 16.5. The maximum Gasteiger partial charge on any atom is 0.255 e. The first-order valence-electron chi connectivity index (χ1n) is 11.7. The van der Waals surface area contributed by atoms with Crippen LogP contribution < -0.4 is 15.0 Å². The van der Waals surface area contributed by atoms with Crippen molar-refractivity contribution in [2.45, 2.75) is 13.8 Å². The van der Waals surface area contributed by atoms with Crippen LogP contribution in [0, 0.1) is 5.92 Å². The molecule has 6 nitrogen and oxygen atoms in total. The normalized spacial score (nSPS) is 13.6. The van der Waals surface area contributed by atoms with Crippen LogP contribution in [0.3, 0.4) is 0 Å². The second-order valence-electron chi connectivity index (χ2n) is 8.85. The van der Waals surface area contributed by atoms with Gasteiger partial charge in [-0.05, 0) is 48.4 Å². The van der Waals surface area contributed by atoms with Crippen molar-refractivity contribution in [3.63, 3.8) is 0 Å². The lowest BCUT2D eigenvalue weighted by molar-refractivity contribution is 0.0746. The van der Waals surface area contributed by atoms with Crippen LogP contribution in [0.2, 0.25) is 0 Å². The molecule has 1 aliphatic rings. The summed E-state index contributed by atoms with van der Waals surface area (Å²) in [5.74, 6) is 0.975. The Morgan fingerprint density at radius 1 is 0.853 bits per heavy atom. The molecule has 176 valence electrons. The number of carbonyl (C=O) groups excluding carboxylic acids is 2. The van der Waals surface area contributed by atoms with E-state index in [1.165, 1.54) is 0 Å². The maximum atomic E-state index is 13.0. The predicted molar refractivity (Wildman–Crippen MR) is 136 cm³/mol. The summed E-state index contributed by atoms with van der Waals surface area (Å²) in [6.07, 6.45) is 0. The molecule has 0 aliphatic carbocycles. The van der Waals surface area contributed by atoms with Gasteiger partial charge in [0.15, 0.2) is 0 Å². The van der Waals surface area contributed by atoms with Crippen LogP contribution in [0.15, 0.2) is 78.9 Å². The van der Waals surface area contributed by atoms with Crippen LogP contribution in [-0.4, -0.2) is 49.5 Å².